The molecule has 2 aromatic heterocycles. The summed E-state index contributed by atoms with van der Waals surface area (Å²) in [4.78, 5) is 4.32. The number of nitrogens with two attached hydrogens (primary N) is 1. The number of hydrogen-bond donors (Lipinski definition) is 2. The van der Waals surface area contributed by atoms with Crippen molar-refractivity contribution in [3.05, 3.63) is 46.5 Å². The number of nitrogens with zero attached hydrogens (tertiary/aromatic N) is 3. The van der Waals surface area contributed by atoms with Gasteiger partial charge >= 0.3 is 0 Å². The molecular weight excluding hydrogens is 262 g/mol. The molecule has 2 aromatic rings. The third kappa shape index (κ3) is 2.94. The first-order valence-corrected chi connectivity index (χ1v) is 6.62. The zero-order valence-corrected chi connectivity index (χ0v) is 11.9. The van der Waals surface area contributed by atoms with Crippen molar-refractivity contribution >= 4 is 11.6 Å². The Bertz CT molecular complexity index is 537. The number of halogens is 1. The molecule has 1 atom stereocenters. The predicted octanol–water partition coefficient (Wildman–Crippen LogP) is 1.78. The lowest BCUT2D eigenvalue weighted by Crippen LogP contribution is -2.30. The van der Waals surface area contributed by atoms with Crippen molar-refractivity contribution in [3.8, 4) is 0 Å². The molecule has 0 saturated carbocycles. The Morgan fingerprint density at radius 3 is 2.79 bits per heavy atom. The first kappa shape index (κ1) is 14.0. The number of nitrogens with one attached hydrogen (secondary N) is 1. The van der Waals surface area contributed by atoms with Gasteiger partial charge in [-0.05, 0) is 18.6 Å². The van der Waals surface area contributed by atoms with Crippen LogP contribution in [-0.4, -0.2) is 14.8 Å². The second-order valence-corrected chi connectivity index (χ2v) is 4.74. The van der Waals surface area contributed by atoms with Crippen molar-refractivity contribution in [2.45, 2.75) is 25.8 Å². The normalized spacial score (nSPS) is 12.6. The van der Waals surface area contributed by atoms with Crippen LogP contribution in [0.1, 0.15) is 30.0 Å². The van der Waals surface area contributed by atoms with Gasteiger partial charge in [-0.1, -0.05) is 24.6 Å². The molecular formula is C13H18ClN5. The van der Waals surface area contributed by atoms with Gasteiger partial charge in [0.1, 0.15) is 0 Å². The summed E-state index contributed by atoms with van der Waals surface area (Å²) >= 11 is 6.35. The van der Waals surface area contributed by atoms with Gasteiger partial charge in [-0.15, -0.1) is 0 Å². The molecule has 0 aliphatic heterocycles. The van der Waals surface area contributed by atoms with Crippen LogP contribution in [0.4, 0.5) is 0 Å². The zero-order valence-electron chi connectivity index (χ0n) is 11.1. The number of pyridine rings is 1. The van der Waals surface area contributed by atoms with Crippen LogP contribution >= 0.6 is 11.6 Å². The molecule has 2 rings (SSSR count). The Labute approximate surface area is 117 Å². The van der Waals surface area contributed by atoms with Crippen LogP contribution in [0.25, 0.3) is 0 Å². The van der Waals surface area contributed by atoms with Gasteiger partial charge in [0, 0.05) is 19.7 Å². The van der Waals surface area contributed by atoms with Gasteiger partial charge in [-0.2, -0.15) is 5.10 Å². The quantitative estimate of drug-likeness (QED) is 0.647. The van der Waals surface area contributed by atoms with Crippen molar-refractivity contribution in [2.24, 2.45) is 12.9 Å². The first-order chi connectivity index (χ1) is 9.17. The Hall–Kier alpha value is -1.43. The summed E-state index contributed by atoms with van der Waals surface area (Å²) in [5.41, 5.74) is 5.55. The summed E-state index contributed by atoms with van der Waals surface area (Å²) in [6, 6.07) is 5.67. The summed E-state index contributed by atoms with van der Waals surface area (Å²) in [6.45, 7) is 2.04. The fourth-order valence-electron chi connectivity index (χ4n) is 2.07. The Morgan fingerprint density at radius 1 is 1.47 bits per heavy atom. The van der Waals surface area contributed by atoms with Crippen LogP contribution in [0, 0.1) is 0 Å². The highest BCUT2D eigenvalue weighted by atomic mass is 35.5. The number of aromatic nitrogens is 3. The highest BCUT2D eigenvalue weighted by molar-refractivity contribution is 6.31. The molecule has 2 heterocycles. The summed E-state index contributed by atoms with van der Waals surface area (Å²) in [6.07, 6.45) is 3.22. The Kier molecular flexibility index (Phi) is 4.52. The molecule has 0 fully saturated rings. The first-order valence-electron chi connectivity index (χ1n) is 6.24. The van der Waals surface area contributed by atoms with Gasteiger partial charge in [0.25, 0.3) is 0 Å². The van der Waals surface area contributed by atoms with Gasteiger partial charge < -0.3 is 0 Å². The molecule has 0 amide bonds. The van der Waals surface area contributed by atoms with E-state index in [0.29, 0.717) is 6.42 Å². The molecule has 3 N–H and O–H groups in total. The van der Waals surface area contributed by atoms with Crippen molar-refractivity contribution in [2.75, 3.05) is 0 Å². The minimum atomic E-state index is -0.0844. The van der Waals surface area contributed by atoms with Crippen molar-refractivity contribution in [3.63, 3.8) is 0 Å². The minimum absolute atomic E-state index is 0.0844. The lowest BCUT2D eigenvalue weighted by molar-refractivity contribution is 0.518. The summed E-state index contributed by atoms with van der Waals surface area (Å²) < 4.78 is 1.81. The summed E-state index contributed by atoms with van der Waals surface area (Å²) in [5.74, 6) is 5.63. The van der Waals surface area contributed by atoms with E-state index in [4.69, 9.17) is 17.4 Å². The van der Waals surface area contributed by atoms with Crippen LogP contribution in [0.5, 0.6) is 0 Å². The average Bonchev–Trinajstić information content (AvgIpc) is 2.72. The molecule has 1 unspecified atom stereocenters. The van der Waals surface area contributed by atoms with E-state index in [0.717, 1.165) is 28.5 Å². The van der Waals surface area contributed by atoms with Crippen molar-refractivity contribution in [1.29, 1.82) is 0 Å². The maximum atomic E-state index is 6.35. The largest absolute Gasteiger partial charge is 0.271 e. The second-order valence-electron chi connectivity index (χ2n) is 4.36. The highest BCUT2D eigenvalue weighted by Crippen LogP contribution is 2.25. The number of rotatable bonds is 5. The SMILES string of the molecule is CCc1nn(C)c(CC(NN)c2ccccn2)c1Cl. The predicted molar refractivity (Wildman–Crippen MR) is 75.6 cm³/mol. The van der Waals surface area contributed by atoms with Gasteiger partial charge in [0.15, 0.2) is 0 Å². The van der Waals surface area contributed by atoms with E-state index < -0.39 is 0 Å². The number of hydrogen-bond acceptors (Lipinski definition) is 4. The minimum Gasteiger partial charge on any atom is -0.271 e. The van der Waals surface area contributed by atoms with Gasteiger partial charge in [0.05, 0.1) is 28.1 Å². The van der Waals surface area contributed by atoms with Crippen molar-refractivity contribution in [1.82, 2.24) is 20.2 Å². The Balaban J connectivity index is 2.26. The molecule has 102 valence electrons. The van der Waals surface area contributed by atoms with Crippen LogP contribution in [0.15, 0.2) is 24.4 Å². The van der Waals surface area contributed by atoms with E-state index in [1.54, 1.807) is 6.20 Å². The average molecular weight is 280 g/mol. The molecule has 6 heteroatoms. The number of hydrazine groups is 1. The van der Waals surface area contributed by atoms with E-state index in [9.17, 15) is 0 Å². The summed E-state index contributed by atoms with van der Waals surface area (Å²) in [7, 11) is 1.90. The molecule has 0 bridgehead atoms. The topological polar surface area (TPSA) is 68.8 Å². The van der Waals surface area contributed by atoms with Crippen LogP contribution in [-0.2, 0) is 19.9 Å². The molecule has 0 saturated heterocycles. The molecule has 5 nitrogen and oxygen atoms in total. The lowest BCUT2D eigenvalue weighted by atomic mass is 10.1. The molecule has 0 aliphatic carbocycles. The lowest BCUT2D eigenvalue weighted by Gasteiger charge is -2.15. The van der Waals surface area contributed by atoms with E-state index in [2.05, 4.69) is 15.5 Å². The van der Waals surface area contributed by atoms with Gasteiger partial charge in [-0.3, -0.25) is 20.9 Å². The third-order valence-corrected chi connectivity index (χ3v) is 3.58. The van der Waals surface area contributed by atoms with Gasteiger partial charge in [0.2, 0.25) is 0 Å². The monoisotopic (exact) mass is 279 g/mol. The number of aryl methyl sites for hydroxylation is 2. The van der Waals surface area contributed by atoms with Crippen LogP contribution < -0.4 is 11.3 Å². The van der Waals surface area contributed by atoms with E-state index >= 15 is 0 Å². The van der Waals surface area contributed by atoms with E-state index in [1.807, 2.05) is 36.9 Å². The molecule has 19 heavy (non-hydrogen) atoms. The third-order valence-electron chi connectivity index (χ3n) is 3.15. The zero-order chi connectivity index (χ0) is 13.8. The van der Waals surface area contributed by atoms with Gasteiger partial charge in [-0.25, -0.2) is 0 Å². The fraction of sp³-hybridized carbons (Fsp3) is 0.385. The molecule has 0 aliphatic rings. The van der Waals surface area contributed by atoms with Crippen molar-refractivity contribution < 1.29 is 0 Å². The highest BCUT2D eigenvalue weighted by Gasteiger charge is 2.19. The molecule has 0 spiro atoms. The molecule has 0 aromatic carbocycles. The Morgan fingerprint density at radius 2 is 2.26 bits per heavy atom. The van der Waals surface area contributed by atoms with Crippen LogP contribution in [0.3, 0.4) is 0 Å². The molecule has 0 radical (unpaired) electrons. The maximum Gasteiger partial charge on any atom is 0.0850 e. The van der Waals surface area contributed by atoms with E-state index in [1.165, 1.54) is 0 Å². The standard InChI is InChI=1S/C13H18ClN5/c1-3-9-13(14)12(19(2)18-9)8-11(17-15)10-6-4-5-7-16-10/h4-7,11,17H,3,8,15H2,1-2H3. The second kappa shape index (κ2) is 6.14. The maximum absolute atomic E-state index is 6.35. The fourth-order valence-corrected chi connectivity index (χ4v) is 2.44. The van der Waals surface area contributed by atoms with E-state index in [-0.39, 0.29) is 6.04 Å². The summed E-state index contributed by atoms with van der Waals surface area (Å²) in [5, 5.41) is 5.13. The van der Waals surface area contributed by atoms with Crippen LogP contribution in [0.2, 0.25) is 5.02 Å². The smallest absolute Gasteiger partial charge is 0.0850 e.